The molecule has 0 aliphatic carbocycles. The van der Waals surface area contributed by atoms with Gasteiger partial charge in [0.2, 0.25) is 0 Å². The number of aromatic nitrogens is 1. The van der Waals surface area contributed by atoms with E-state index in [9.17, 15) is 0 Å². The normalized spacial score (nSPS) is 13.3. The standard InChI is InChI=1S/C17H23N3O2.3C2H6/c1-2-4-17(5-3-1)20-10-8-19(9-11-20)12-15-21-13-6-16-7-14-22-18-16;3*1-2/h1-5,7,14H,6,8-13,15H2;3*1-2H3. The second-order valence-electron chi connectivity index (χ2n) is 5.52. The van der Waals surface area contributed by atoms with Crippen molar-refractivity contribution in [3.63, 3.8) is 0 Å². The second kappa shape index (κ2) is 18.5. The van der Waals surface area contributed by atoms with Gasteiger partial charge < -0.3 is 14.2 Å². The molecule has 2 heterocycles. The lowest BCUT2D eigenvalue weighted by Gasteiger charge is -2.36. The van der Waals surface area contributed by atoms with E-state index in [4.69, 9.17) is 9.26 Å². The largest absolute Gasteiger partial charge is 0.380 e. The molecule has 0 unspecified atom stereocenters. The molecule has 0 amide bonds. The van der Waals surface area contributed by atoms with Crippen LogP contribution in [0.4, 0.5) is 5.69 Å². The molecule has 1 aromatic heterocycles. The zero-order valence-electron chi connectivity index (χ0n) is 18.9. The maximum Gasteiger partial charge on any atom is 0.124 e. The van der Waals surface area contributed by atoms with Gasteiger partial charge in [0, 0.05) is 50.9 Å². The summed E-state index contributed by atoms with van der Waals surface area (Å²) in [6, 6.07) is 12.5. The summed E-state index contributed by atoms with van der Waals surface area (Å²) in [5.74, 6) is 0. The molecule has 1 aliphatic rings. The summed E-state index contributed by atoms with van der Waals surface area (Å²) >= 11 is 0. The summed E-state index contributed by atoms with van der Waals surface area (Å²) in [5.41, 5.74) is 2.28. The Balaban J connectivity index is 0.00000111. The van der Waals surface area contributed by atoms with E-state index in [2.05, 4.69) is 45.3 Å². The third-order valence-electron chi connectivity index (χ3n) is 4.04. The van der Waals surface area contributed by atoms with Crippen LogP contribution >= 0.6 is 0 Å². The Hall–Kier alpha value is -1.85. The van der Waals surface area contributed by atoms with Crippen LogP contribution in [-0.2, 0) is 11.2 Å². The van der Waals surface area contributed by atoms with E-state index in [1.165, 1.54) is 5.69 Å². The first-order chi connectivity index (χ1) is 13.9. The maximum atomic E-state index is 5.68. The fraction of sp³-hybridized carbons (Fsp3) is 0.609. The molecule has 0 atom stereocenters. The van der Waals surface area contributed by atoms with Crippen molar-refractivity contribution >= 4 is 5.69 Å². The molecule has 5 heteroatoms. The quantitative estimate of drug-likeness (QED) is 0.612. The number of hydrogen-bond donors (Lipinski definition) is 0. The molecule has 0 radical (unpaired) electrons. The average Bonchev–Trinajstić information content (AvgIpc) is 3.32. The number of rotatable bonds is 7. The van der Waals surface area contributed by atoms with Gasteiger partial charge in [-0.25, -0.2) is 0 Å². The van der Waals surface area contributed by atoms with E-state index >= 15 is 0 Å². The Bertz CT molecular complexity index is 524. The van der Waals surface area contributed by atoms with Crippen LogP contribution in [0.3, 0.4) is 0 Å². The number of anilines is 1. The van der Waals surface area contributed by atoms with E-state index in [-0.39, 0.29) is 0 Å². The van der Waals surface area contributed by atoms with Crippen LogP contribution < -0.4 is 4.90 Å². The number of hydrogen-bond acceptors (Lipinski definition) is 5. The third kappa shape index (κ3) is 10.5. The van der Waals surface area contributed by atoms with E-state index in [1.54, 1.807) is 6.26 Å². The number of ether oxygens (including phenoxy) is 1. The van der Waals surface area contributed by atoms with Gasteiger partial charge in [0.25, 0.3) is 0 Å². The van der Waals surface area contributed by atoms with Crippen molar-refractivity contribution in [2.24, 2.45) is 0 Å². The van der Waals surface area contributed by atoms with Crippen LogP contribution in [0.1, 0.15) is 47.2 Å². The molecule has 0 bridgehead atoms. The van der Waals surface area contributed by atoms with E-state index in [0.29, 0.717) is 6.61 Å². The van der Waals surface area contributed by atoms with Crippen LogP contribution in [0.25, 0.3) is 0 Å². The highest BCUT2D eigenvalue weighted by Crippen LogP contribution is 2.15. The van der Waals surface area contributed by atoms with Crippen molar-refractivity contribution < 1.29 is 9.26 Å². The summed E-state index contributed by atoms with van der Waals surface area (Å²) in [5, 5.41) is 3.87. The molecule has 160 valence electrons. The molecule has 0 N–H and O–H groups in total. The molecule has 0 spiro atoms. The molecule has 1 aromatic carbocycles. The van der Waals surface area contributed by atoms with Gasteiger partial charge in [-0.05, 0) is 12.1 Å². The first-order valence-electron chi connectivity index (χ1n) is 10.9. The smallest absolute Gasteiger partial charge is 0.124 e. The minimum Gasteiger partial charge on any atom is -0.380 e. The fourth-order valence-electron chi connectivity index (χ4n) is 2.71. The highest BCUT2D eigenvalue weighted by atomic mass is 16.5. The Morgan fingerprint density at radius 3 is 2.07 bits per heavy atom. The van der Waals surface area contributed by atoms with E-state index in [0.717, 1.165) is 51.4 Å². The van der Waals surface area contributed by atoms with Crippen LogP contribution in [0, 0.1) is 0 Å². The average molecular weight is 392 g/mol. The van der Waals surface area contributed by atoms with Crippen molar-refractivity contribution in [2.75, 3.05) is 50.8 Å². The number of piperazine rings is 1. The van der Waals surface area contributed by atoms with Crippen LogP contribution in [0.15, 0.2) is 47.2 Å². The zero-order chi connectivity index (χ0) is 21.0. The first-order valence-corrected chi connectivity index (χ1v) is 10.9. The summed E-state index contributed by atoms with van der Waals surface area (Å²) < 4.78 is 10.5. The predicted octanol–water partition coefficient (Wildman–Crippen LogP) is 5.13. The van der Waals surface area contributed by atoms with Crippen molar-refractivity contribution in [3.8, 4) is 0 Å². The van der Waals surface area contributed by atoms with Gasteiger partial charge in [0.05, 0.1) is 18.9 Å². The minimum absolute atomic E-state index is 0.705. The molecule has 5 nitrogen and oxygen atoms in total. The van der Waals surface area contributed by atoms with Crippen molar-refractivity contribution in [3.05, 3.63) is 48.4 Å². The van der Waals surface area contributed by atoms with Crippen molar-refractivity contribution in [1.82, 2.24) is 10.1 Å². The number of para-hydroxylation sites is 1. The van der Waals surface area contributed by atoms with Gasteiger partial charge in [-0.1, -0.05) is 64.9 Å². The van der Waals surface area contributed by atoms with Gasteiger partial charge in [0.15, 0.2) is 0 Å². The SMILES string of the molecule is CC.CC.CC.c1ccc(N2CCN(CCOCCc3ccon3)CC2)cc1. The Morgan fingerprint density at radius 1 is 0.857 bits per heavy atom. The minimum atomic E-state index is 0.705. The predicted molar refractivity (Wildman–Crippen MR) is 120 cm³/mol. The van der Waals surface area contributed by atoms with Gasteiger partial charge in [0.1, 0.15) is 6.26 Å². The van der Waals surface area contributed by atoms with Gasteiger partial charge in [-0.3, -0.25) is 4.90 Å². The summed E-state index contributed by atoms with van der Waals surface area (Å²) in [6.07, 6.45) is 2.42. The molecule has 28 heavy (non-hydrogen) atoms. The van der Waals surface area contributed by atoms with Crippen LogP contribution in [0.5, 0.6) is 0 Å². The molecule has 3 rings (SSSR count). The topological polar surface area (TPSA) is 41.7 Å². The Kier molecular flexibility index (Phi) is 17.3. The van der Waals surface area contributed by atoms with Crippen molar-refractivity contribution in [2.45, 2.75) is 48.0 Å². The second-order valence-corrected chi connectivity index (χ2v) is 5.52. The van der Waals surface area contributed by atoms with Gasteiger partial charge in [-0.2, -0.15) is 0 Å². The van der Waals surface area contributed by atoms with Crippen LogP contribution in [-0.4, -0.2) is 56.0 Å². The molecule has 2 aromatic rings. The number of nitrogens with zero attached hydrogens (tertiary/aromatic N) is 3. The van der Waals surface area contributed by atoms with Crippen molar-refractivity contribution in [1.29, 1.82) is 0 Å². The molecular weight excluding hydrogens is 350 g/mol. The summed E-state index contributed by atoms with van der Waals surface area (Å²) in [6.45, 7) is 18.9. The summed E-state index contributed by atoms with van der Waals surface area (Å²) in [4.78, 5) is 4.91. The van der Waals surface area contributed by atoms with Crippen LogP contribution in [0.2, 0.25) is 0 Å². The first kappa shape index (κ1) is 26.1. The monoisotopic (exact) mass is 391 g/mol. The lowest BCUT2D eigenvalue weighted by atomic mass is 10.2. The molecular formula is C23H41N3O2. The molecule has 0 saturated carbocycles. The fourth-order valence-corrected chi connectivity index (χ4v) is 2.71. The Labute approximate surface area is 172 Å². The lowest BCUT2D eigenvalue weighted by Crippen LogP contribution is -2.47. The Morgan fingerprint density at radius 2 is 1.50 bits per heavy atom. The zero-order valence-corrected chi connectivity index (χ0v) is 18.9. The lowest BCUT2D eigenvalue weighted by molar-refractivity contribution is 0.103. The maximum absolute atomic E-state index is 5.68. The summed E-state index contributed by atoms with van der Waals surface area (Å²) in [7, 11) is 0. The third-order valence-corrected chi connectivity index (χ3v) is 4.04. The van der Waals surface area contributed by atoms with Gasteiger partial charge >= 0.3 is 0 Å². The molecule has 1 saturated heterocycles. The highest BCUT2D eigenvalue weighted by molar-refractivity contribution is 5.46. The van der Waals surface area contributed by atoms with Gasteiger partial charge in [-0.15, -0.1) is 0 Å². The number of benzene rings is 1. The molecule has 1 fully saturated rings. The van der Waals surface area contributed by atoms with E-state index in [1.807, 2.05) is 47.6 Å². The molecule has 1 aliphatic heterocycles. The highest BCUT2D eigenvalue weighted by Gasteiger charge is 2.16. The van der Waals surface area contributed by atoms with E-state index < -0.39 is 0 Å².